The number of nitrogens with zero attached hydrogens (tertiary/aromatic N) is 1. The zero-order valence-corrected chi connectivity index (χ0v) is 16.1. The third kappa shape index (κ3) is 4.37. The lowest BCUT2D eigenvalue weighted by atomic mass is 10.0. The molecule has 0 aliphatic heterocycles. The van der Waals surface area contributed by atoms with Crippen LogP contribution in [-0.4, -0.2) is 28.3 Å². The first-order valence-corrected chi connectivity index (χ1v) is 9.52. The fraction of sp³-hybridized carbons (Fsp3) is 0.0870. The molecule has 0 spiro atoms. The summed E-state index contributed by atoms with van der Waals surface area (Å²) >= 11 is 0. The molecule has 0 radical (unpaired) electrons. The molecule has 2 aromatic heterocycles. The molecule has 30 heavy (non-hydrogen) atoms. The summed E-state index contributed by atoms with van der Waals surface area (Å²) in [5.74, 6) is -0.398. The smallest absolute Gasteiger partial charge is 0.255 e. The maximum atomic E-state index is 12.4. The maximum Gasteiger partial charge on any atom is 0.255 e. The Morgan fingerprint density at radius 1 is 0.933 bits per heavy atom. The van der Waals surface area contributed by atoms with Crippen LogP contribution in [0, 0.1) is 0 Å². The molecule has 7 heteroatoms. The predicted octanol–water partition coefficient (Wildman–Crippen LogP) is 3.25. The minimum absolute atomic E-state index is 0.185. The SMILES string of the molecule is NC(CNC(=O)c1ccc2cc[nH]c2c1)c1ccc(C(=O)Nc2ccncc2)cc1. The molecule has 4 aromatic rings. The van der Waals surface area contributed by atoms with Crippen LogP contribution in [0.5, 0.6) is 0 Å². The molecule has 150 valence electrons. The van der Waals surface area contributed by atoms with Gasteiger partial charge in [-0.25, -0.2) is 0 Å². The van der Waals surface area contributed by atoms with Gasteiger partial charge in [0.1, 0.15) is 0 Å². The van der Waals surface area contributed by atoms with Gasteiger partial charge in [-0.05, 0) is 53.4 Å². The number of aromatic amines is 1. The van der Waals surface area contributed by atoms with E-state index >= 15 is 0 Å². The van der Waals surface area contributed by atoms with Crippen molar-refractivity contribution in [1.29, 1.82) is 0 Å². The average molecular weight is 399 g/mol. The van der Waals surface area contributed by atoms with Crippen LogP contribution in [0.3, 0.4) is 0 Å². The van der Waals surface area contributed by atoms with E-state index in [0.29, 0.717) is 16.8 Å². The molecule has 0 bridgehead atoms. The normalized spacial score (nSPS) is 11.8. The van der Waals surface area contributed by atoms with Gasteiger partial charge >= 0.3 is 0 Å². The van der Waals surface area contributed by atoms with E-state index < -0.39 is 0 Å². The van der Waals surface area contributed by atoms with E-state index in [9.17, 15) is 9.59 Å². The summed E-state index contributed by atoms with van der Waals surface area (Å²) < 4.78 is 0. The Hall–Kier alpha value is -3.97. The number of carbonyl (C=O) groups excluding carboxylic acids is 2. The molecular formula is C23H21N5O2. The van der Waals surface area contributed by atoms with Gasteiger partial charge in [-0.3, -0.25) is 14.6 Å². The van der Waals surface area contributed by atoms with Gasteiger partial charge in [0, 0.05) is 53.5 Å². The second-order valence-electron chi connectivity index (χ2n) is 6.91. The average Bonchev–Trinajstić information content (AvgIpc) is 3.26. The van der Waals surface area contributed by atoms with Crippen molar-refractivity contribution >= 4 is 28.4 Å². The topological polar surface area (TPSA) is 113 Å². The van der Waals surface area contributed by atoms with Crippen LogP contribution in [-0.2, 0) is 0 Å². The number of aromatic nitrogens is 2. The van der Waals surface area contributed by atoms with Crippen molar-refractivity contribution in [3.8, 4) is 0 Å². The van der Waals surface area contributed by atoms with Gasteiger partial charge in [0.2, 0.25) is 0 Å². The first kappa shape index (κ1) is 19.4. The zero-order valence-electron chi connectivity index (χ0n) is 16.1. The third-order valence-corrected chi connectivity index (χ3v) is 4.84. The number of pyridine rings is 1. The van der Waals surface area contributed by atoms with Crippen LogP contribution in [0.15, 0.2) is 79.3 Å². The molecule has 0 aliphatic carbocycles. The van der Waals surface area contributed by atoms with Crippen molar-refractivity contribution in [2.75, 3.05) is 11.9 Å². The lowest BCUT2D eigenvalue weighted by Gasteiger charge is -2.14. The summed E-state index contributed by atoms with van der Waals surface area (Å²) in [6.45, 7) is 0.282. The van der Waals surface area contributed by atoms with Crippen LogP contribution in [0.25, 0.3) is 10.9 Å². The van der Waals surface area contributed by atoms with E-state index in [1.165, 1.54) is 0 Å². The molecule has 1 unspecified atom stereocenters. The largest absolute Gasteiger partial charge is 0.361 e. The first-order valence-electron chi connectivity index (χ1n) is 9.52. The Bertz CT molecular complexity index is 1170. The minimum atomic E-state index is -0.388. The van der Waals surface area contributed by atoms with Crippen molar-refractivity contribution in [2.24, 2.45) is 5.73 Å². The molecular weight excluding hydrogens is 378 g/mol. The molecule has 7 nitrogen and oxygen atoms in total. The Labute approximate surface area is 173 Å². The van der Waals surface area contributed by atoms with Gasteiger partial charge in [-0.1, -0.05) is 18.2 Å². The summed E-state index contributed by atoms with van der Waals surface area (Å²) in [5.41, 5.74) is 9.72. The van der Waals surface area contributed by atoms with Gasteiger partial charge in [0.25, 0.3) is 11.8 Å². The molecule has 0 aliphatic rings. The number of benzene rings is 2. The van der Waals surface area contributed by atoms with Crippen molar-refractivity contribution in [2.45, 2.75) is 6.04 Å². The second-order valence-corrected chi connectivity index (χ2v) is 6.91. The lowest BCUT2D eigenvalue weighted by Crippen LogP contribution is -2.31. The standard InChI is InChI=1S/C23H21N5O2/c24-20(14-27-22(29)18-6-3-16-7-12-26-21(16)13-18)15-1-4-17(5-2-15)23(30)28-19-8-10-25-11-9-19/h1-13,20,26H,14,24H2,(H,27,29)(H,25,28,30). The minimum Gasteiger partial charge on any atom is -0.361 e. The van der Waals surface area contributed by atoms with E-state index in [2.05, 4.69) is 20.6 Å². The van der Waals surface area contributed by atoms with E-state index in [4.69, 9.17) is 5.73 Å². The van der Waals surface area contributed by atoms with Crippen molar-refractivity contribution in [1.82, 2.24) is 15.3 Å². The third-order valence-electron chi connectivity index (χ3n) is 4.84. The second kappa shape index (κ2) is 8.59. The van der Waals surface area contributed by atoms with Crippen LogP contribution < -0.4 is 16.4 Å². The van der Waals surface area contributed by atoms with Crippen molar-refractivity contribution in [3.05, 3.63) is 95.9 Å². The summed E-state index contributed by atoms with van der Waals surface area (Å²) in [4.78, 5) is 31.8. The number of anilines is 1. The molecule has 0 saturated carbocycles. The Balaban J connectivity index is 1.34. The first-order chi connectivity index (χ1) is 14.6. The Morgan fingerprint density at radius 2 is 1.67 bits per heavy atom. The van der Waals surface area contributed by atoms with Crippen LogP contribution >= 0.6 is 0 Å². The fourth-order valence-corrected chi connectivity index (χ4v) is 3.13. The number of hydrogen-bond acceptors (Lipinski definition) is 4. The molecule has 2 aromatic carbocycles. The van der Waals surface area contributed by atoms with Gasteiger partial charge in [0.15, 0.2) is 0 Å². The van der Waals surface area contributed by atoms with E-state index in [0.717, 1.165) is 16.5 Å². The summed E-state index contributed by atoms with van der Waals surface area (Å²) in [6, 6.07) is 17.5. The van der Waals surface area contributed by atoms with E-state index in [-0.39, 0.29) is 24.4 Å². The van der Waals surface area contributed by atoms with Gasteiger partial charge < -0.3 is 21.4 Å². The molecule has 0 fully saturated rings. The number of H-pyrrole nitrogens is 1. The Kier molecular flexibility index (Phi) is 5.54. The number of hydrogen-bond donors (Lipinski definition) is 4. The van der Waals surface area contributed by atoms with Gasteiger partial charge in [0.05, 0.1) is 0 Å². The summed E-state index contributed by atoms with van der Waals surface area (Å²) in [5, 5.41) is 6.72. The molecule has 5 N–H and O–H groups in total. The highest BCUT2D eigenvalue weighted by atomic mass is 16.2. The van der Waals surface area contributed by atoms with Crippen LogP contribution in [0.1, 0.15) is 32.3 Å². The number of amides is 2. The predicted molar refractivity (Wildman–Crippen MR) is 116 cm³/mol. The molecule has 2 amide bonds. The summed E-state index contributed by atoms with van der Waals surface area (Å²) in [7, 11) is 0. The zero-order chi connectivity index (χ0) is 20.9. The number of nitrogens with two attached hydrogens (primary N) is 1. The molecule has 2 heterocycles. The van der Waals surface area contributed by atoms with Crippen molar-refractivity contribution in [3.63, 3.8) is 0 Å². The molecule has 0 saturated heterocycles. The van der Waals surface area contributed by atoms with E-state index in [1.54, 1.807) is 54.9 Å². The number of fused-ring (bicyclic) bond motifs is 1. The highest BCUT2D eigenvalue weighted by molar-refractivity contribution is 6.04. The van der Waals surface area contributed by atoms with Crippen LogP contribution in [0.4, 0.5) is 5.69 Å². The maximum absolute atomic E-state index is 12.4. The fourth-order valence-electron chi connectivity index (χ4n) is 3.13. The quantitative estimate of drug-likeness (QED) is 0.399. The van der Waals surface area contributed by atoms with Gasteiger partial charge in [-0.15, -0.1) is 0 Å². The van der Waals surface area contributed by atoms with Crippen molar-refractivity contribution < 1.29 is 9.59 Å². The molecule has 4 rings (SSSR count). The molecule has 1 atom stereocenters. The number of rotatable bonds is 6. The van der Waals surface area contributed by atoms with E-state index in [1.807, 2.05) is 24.4 Å². The monoisotopic (exact) mass is 399 g/mol. The lowest BCUT2D eigenvalue weighted by molar-refractivity contribution is 0.0950. The Morgan fingerprint density at radius 3 is 2.43 bits per heavy atom. The number of carbonyl (C=O) groups is 2. The number of nitrogens with one attached hydrogen (secondary N) is 3. The van der Waals surface area contributed by atoms with Gasteiger partial charge in [-0.2, -0.15) is 0 Å². The summed E-state index contributed by atoms with van der Waals surface area (Å²) in [6.07, 6.45) is 5.06. The highest BCUT2D eigenvalue weighted by Crippen LogP contribution is 2.15. The highest BCUT2D eigenvalue weighted by Gasteiger charge is 2.12. The van der Waals surface area contributed by atoms with Crippen LogP contribution in [0.2, 0.25) is 0 Å².